The van der Waals surface area contributed by atoms with Gasteiger partial charge in [-0.1, -0.05) is 42.6 Å². The van der Waals surface area contributed by atoms with E-state index in [9.17, 15) is 14.0 Å². The highest BCUT2D eigenvalue weighted by Gasteiger charge is 2.26. The third-order valence-electron chi connectivity index (χ3n) is 5.85. The molecule has 8 heteroatoms. The van der Waals surface area contributed by atoms with Gasteiger partial charge in [-0.15, -0.1) is 0 Å². The number of rotatable bonds is 4. The molecule has 1 saturated carbocycles. The van der Waals surface area contributed by atoms with Gasteiger partial charge >= 0.3 is 5.69 Å². The van der Waals surface area contributed by atoms with Gasteiger partial charge in [0.05, 0.1) is 12.0 Å². The Kier molecular flexibility index (Phi) is 4.98. The van der Waals surface area contributed by atoms with E-state index in [-0.39, 0.29) is 17.2 Å². The zero-order valence-corrected chi connectivity index (χ0v) is 17.4. The quantitative estimate of drug-likeness (QED) is 0.477. The summed E-state index contributed by atoms with van der Waals surface area (Å²) in [4.78, 5) is 31.4. The number of hydrogen-bond acceptors (Lipinski definition) is 3. The van der Waals surface area contributed by atoms with Crippen molar-refractivity contribution in [3.8, 4) is 5.69 Å². The van der Waals surface area contributed by atoms with Crippen molar-refractivity contribution in [3.63, 3.8) is 0 Å². The first-order valence-electron chi connectivity index (χ1n) is 10.3. The normalized spacial score (nSPS) is 14.5. The van der Waals surface area contributed by atoms with Crippen LogP contribution in [0.15, 0.2) is 64.4 Å². The molecule has 1 aliphatic carbocycles. The van der Waals surface area contributed by atoms with E-state index >= 15 is 0 Å². The number of aromatic nitrogens is 4. The summed E-state index contributed by atoms with van der Waals surface area (Å²) < 4.78 is 18.4. The van der Waals surface area contributed by atoms with E-state index in [0.29, 0.717) is 22.8 Å². The maximum Gasteiger partial charge on any atom is 0.337 e. The van der Waals surface area contributed by atoms with Crippen molar-refractivity contribution in [3.05, 3.63) is 92.1 Å². The third kappa shape index (κ3) is 3.49. The molecular weight excluding hydrogens is 419 g/mol. The van der Waals surface area contributed by atoms with Gasteiger partial charge in [-0.2, -0.15) is 0 Å². The average Bonchev–Trinajstić information content (AvgIpc) is 3.39. The first-order valence-corrected chi connectivity index (χ1v) is 10.6. The zero-order valence-electron chi connectivity index (χ0n) is 16.7. The molecule has 2 aromatic heterocycles. The third-order valence-corrected chi connectivity index (χ3v) is 6.08. The lowest BCUT2D eigenvalue weighted by atomic mass is 10.2. The summed E-state index contributed by atoms with van der Waals surface area (Å²) >= 11 is 6.12. The minimum absolute atomic E-state index is 0.168. The van der Waals surface area contributed by atoms with Crippen molar-refractivity contribution in [2.45, 2.75) is 38.3 Å². The smallest absolute Gasteiger partial charge is 0.320 e. The molecule has 2 heterocycles. The maximum atomic E-state index is 14.0. The average molecular weight is 439 g/mol. The Labute approximate surface area is 182 Å². The summed E-state index contributed by atoms with van der Waals surface area (Å²) in [6.45, 7) is 0.373. The molecular formula is C23H20ClFN4O2. The van der Waals surface area contributed by atoms with E-state index in [0.717, 1.165) is 31.2 Å². The molecule has 1 fully saturated rings. The topological polar surface area (TPSA) is 61.8 Å². The zero-order chi connectivity index (χ0) is 21.5. The minimum atomic E-state index is -0.483. The van der Waals surface area contributed by atoms with Gasteiger partial charge in [0.25, 0.3) is 5.56 Å². The van der Waals surface area contributed by atoms with E-state index < -0.39 is 11.5 Å². The summed E-state index contributed by atoms with van der Waals surface area (Å²) in [6, 6.07) is 13.0. The predicted molar refractivity (Wildman–Crippen MR) is 118 cm³/mol. The van der Waals surface area contributed by atoms with Gasteiger partial charge in [0, 0.05) is 17.6 Å². The molecule has 158 valence electrons. The lowest BCUT2D eigenvalue weighted by Crippen LogP contribution is -2.41. The predicted octanol–water partition coefficient (Wildman–Crippen LogP) is 4.30. The molecule has 0 saturated heterocycles. The van der Waals surface area contributed by atoms with Crippen LogP contribution in [0.4, 0.5) is 4.39 Å². The van der Waals surface area contributed by atoms with Gasteiger partial charge < -0.3 is 4.57 Å². The van der Waals surface area contributed by atoms with Crippen molar-refractivity contribution in [1.82, 2.24) is 18.7 Å². The fourth-order valence-corrected chi connectivity index (χ4v) is 4.65. The first kappa shape index (κ1) is 19.8. The Morgan fingerprint density at radius 2 is 1.84 bits per heavy atom. The molecule has 0 amide bonds. The fraction of sp³-hybridized carbons (Fsp3) is 0.261. The van der Waals surface area contributed by atoms with E-state index in [1.165, 1.54) is 27.3 Å². The van der Waals surface area contributed by atoms with Crippen LogP contribution >= 0.6 is 11.6 Å². The SMILES string of the molecule is O=c1c2c(ncn2Cc2cccc(Cl)c2)n(-c2cccc(F)c2)c(=O)n1C1CCCC1. The van der Waals surface area contributed by atoms with E-state index in [1.54, 1.807) is 23.0 Å². The lowest BCUT2D eigenvalue weighted by molar-refractivity contribution is 0.474. The second-order valence-electron chi connectivity index (χ2n) is 7.89. The number of hydrogen-bond donors (Lipinski definition) is 0. The summed E-state index contributed by atoms with van der Waals surface area (Å²) in [5, 5.41) is 0.599. The molecule has 0 N–H and O–H groups in total. The Morgan fingerprint density at radius 3 is 2.58 bits per heavy atom. The molecule has 0 bridgehead atoms. The molecule has 2 aromatic carbocycles. The van der Waals surface area contributed by atoms with E-state index in [1.807, 2.05) is 18.2 Å². The number of halogens is 2. The highest BCUT2D eigenvalue weighted by atomic mass is 35.5. The molecule has 5 rings (SSSR count). The second-order valence-corrected chi connectivity index (χ2v) is 8.32. The van der Waals surface area contributed by atoms with Gasteiger partial charge in [-0.3, -0.25) is 9.36 Å². The van der Waals surface area contributed by atoms with Crippen LogP contribution in [-0.4, -0.2) is 18.7 Å². The fourth-order valence-electron chi connectivity index (χ4n) is 4.44. The highest BCUT2D eigenvalue weighted by Crippen LogP contribution is 2.28. The van der Waals surface area contributed by atoms with Crippen LogP contribution in [-0.2, 0) is 6.54 Å². The largest absolute Gasteiger partial charge is 0.337 e. The number of imidazole rings is 1. The van der Waals surface area contributed by atoms with Crippen LogP contribution in [0.2, 0.25) is 5.02 Å². The highest BCUT2D eigenvalue weighted by molar-refractivity contribution is 6.30. The summed E-state index contributed by atoms with van der Waals surface area (Å²) in [5.41, 5.74) is 0.937. The Morgan fingerprint density at radius 1 is 1.06 bits per heavy atom. The van der Waals surface area contributed by atoms with Crippen molar-refractivity contribution < 1.29 is 4.39 Å². The lowest BCUT2D eigenvalue weighted by Gasteiger charge is -2.17. The number of fused-ring (bicyclic) bond motifs is 1. The van der Waals surface area contributed by atoms with Crippen LogP contribution in [0, 0.1) is 5.82 Å². The molecule has 0 aliphatic heterocycles. The number of benzene rings is 2. The van der Waals surface area contributed by atoms with Gasteiger partial charge in [0.15, 0.2) is 11.2 Å². The van der Waals surface area contributed by atoms with Gasteiger partial charge in [-0.05, 0) is 48.7 Å². The molecule has 4 aromatic rings. The molecule has 31 heavy (non-hydrogen) atoms. The van der Waals surface area contributed by atoms with Crippen molar-refractivity contribution >= 4 is 22.8 Å². The molecule has 6 nitrogen and oxygen atoms in total. The van der Waals surface area contributed by atoms with Gasteiger partial charge in [0.2, 0.25) is 0 Å². The number of nitrogens with zero attached hydrogens (tertiary/aromatic N) is 4. The van der Waals surface area contributed by atoms with Crippen molar-refractivity contribution in [1.29, 1.82) is 0 Å². The Bertz CT molecular complexity index is 1400. The summed E-state index contributed by atoms with van der Waals surface area (Å²) in [6.07, 6.45) is 5.02. The summed E-state index contributed by atoms with van der Waals surface area (Å²) in [7, 11) is 0. The van der Waals surface area contributed by atoms with Crippen LogP contribution < -0.4 is 11.2 Å². The maximum absolute atomic E-state index is 14.0. The first-order chi connectivity index (χ1) is 15.0. The van der Waals surface area contributed by atoms with Gasteiger partial charge in [0.1, 0.15) is 5.82 Å². The van der Waals surface area contributed by atoms with Crippen LogP contribution in [0.5, 0.6) is 0 Å². The molecule has 0 radical (unpaired) electrons. The second kappa shape index (κ2) is 7.81. The van der Waals surface area contributed by atoms with E-state index in [2.05, 4.69) is 4.98 Å². The minimum Gasteiger partial charge on any atom is -0.320 e. The van der Waals surface area contributed by atoms with E-state index in [4.69, 9.17) is 11.6 Å². The van der Waals surface area contributed by atoms with Crippen LogP contribution in [0.25, 0.3) is 16.9 Å². The Hall–Kier alpha value is -3.19. The van der Waals surface area contributed by atoms with Crippen LogP contribution in [0.3, 0.4) is 0 Å². The summed E-state index contributed by atoms with van der Waals surface area (Å²) in [5.74, 6) is -0.463. The van der Waals surface area contributed by atoms with Crippen molar-refractivity contribution in [2.24, 2.45) is 0 Å². The molecule has 0 spiro atoms. The molecule has 0 unspecified atom stereocenters. The molecule has 0 atom stereocenters. The standard InChI is InChI=1S/C23H20ClFN4O2/c24-16-6-3-5-15(11-16)13-27-14-26-21-20(27)22(30)29(18-8-1-2-9-18)23(31)28(21)19-10-4-7-17(25)12-19/h3-7,10-12,14,18H,1-2,8-9,13H2. The Balaban J connectivity index is 1.79. The van der Waals surface area contributed by atoms with Crippen molar-refractivity contribution in [2.75, 3.05) is 0 Å². The van der Waals surface area contributed by atoms with Crippen LogP contribution in [0.1, 0.15) is 37.3 Å². The molecule has 1 aliphatic rings. The monoisotopic (exact) mass is 438 g/mol. The van der Waals surface area contributed by atoms with Gasteiger partial charge in [-0.25, -0.2) is 18.7 Å².